The molecule has 5 rings (SSSR count). The summed E-state index contributed by atoms with van der Waals surface area (Å²) in [5.41, 5.74) is 4.61. The molecule has 3 aromatic heterocycles. The fourth-order valence-electron chi connectivity index (χ4n) is 3.69. The number of carbonyl (C=O) groups excluding carboxylic acids is 1. The predicted molar refractivity (Wildman–Crippen MR) is 126 cm³/mol. The van der Waals surface area contributed by atoms with Crippen LogP contribution in [0.5, 0.6) is 0 Å². The zero-order chi connectivity index (χ0) is 23.3. The fraction of sp³-hybridized carbons (Fsp3) is 0.208. The molecule has 1 saturated heterocycles. The van der Waals surface area contributed by atoms with Gasteiger partial charge in [-0.3, -0.25) is 4.98 Å². The number of pyridine rings is 1. The van der Waals surface area contributed by atoms with Gasteiger partial charge in [-0.2, -0.15) is 5.10 Å². The van der Waals surface area contributed by atoms with E-state index >= 15 is 0 Å². The van der Waals surface area contributed by atoms with Crippen LogP contribution in [0.4, 0.5) is 17.3 Å². The molecule has 1 aliphatic rings. The first kappa shape index (κ1) is 21.5. The van der Waals surface area contributed by atoms with Gasteiger partial charge in [0.05, 0.1) is 67.2 Å². The van der Waals surface area contributed by atoms with E-state index in [1.54, 1.807) is 47.7 Å². The topological polar surface area (TPSA) is 107 Å². The van der Waals surface area contributed by atoms with Crippen LogP contribution in [0.25, 0.3) is 16.9 Å². The highest BCUT2D eigenvalue weighted by molar-refractivity contribution is 5.89. The van der Waals surface area contributed by atoms with Crippen LogP contribution in [0, 0.1) is 0 Å². The summed E-state index contributed by atoms with van der Waals surface area (Å²) in [6, 6.07) is 11.0. The van der Waals surface area contributed by atoms with Crippen LogP contribution in [-0.2, 0) is 9.47 Å². The van der Waals surface area contributed by atoms with Crippen molar-refractivity contribution >= 4 is 23.3 Å². The minimum atomic E-state index is -0.398. The van der Waals surface area contributed by atoms with Crippen molar-refractivity contribution in [2.24, 2.45) is 0 Å². The highest BCUT2D eigenvalue weighted by atomic mass is 16.5. The largest absolute Gasteiger partial charge is 0.465 e. The van der Waals surface area contributed by atoms with Crippen LogP contribution in [0.15, 0.2) is 67.4 Å². The van der Waals surface area contributed by atoms with Gasteiger partial charge in [0.15, 0.2) is 0 Å². The smallest absolute Gasteiger partial charge is 0.337 e. The summed E-state index contributed by atoms with van der Waals surface area (Å²) >= 11 is 0. The van der Waals surface area contributed by atoms with Crippen LogP contribution < -0.4 is 10.2 Å². The van der Waals surface area contributed by atoms with Gasteiger partial charge >= 0.3 is 5.97 Å². The number of nitrogens with one attached hydrogen (secondary N) is 1. The zero-order valence-electron chi connectivity index (χ0n) is 18.6. The van der Waals surface area contributed by atoms with Crippen molar-refractivity contribution in [3.63, 3.8) is 0 Å². The number of nitrogens with zero attached hydrogens (tertiary/aromatic N) is 6. The molecule has 0 aliphatic carbocycles. The van der Waals surface area contributed by atoms with E-state index in [1.165, 1.54) is 7.11 Å². The molecule has 1 aromatic carbocycles. The van der Waals surface area contributed by atoms with E-state index in [4.69, 9.17) is 9.47 Å². The maximum Gasteiger partial charge on any atom is 0.337 e. The zero-order valence-corrected chi connectivity index (χ0v) is 18.6. The van der Waals surface area contributed by atoms with E-state index < -0.39 is 5.97 Å². The van der Waals surface area contributed by atoms with E-state index in [1.807, 2.05) is 18.3 Å². The van der Waals surface area contributed by atoms with Gasteiger partial charge in [-0.25, -0.2) is 19.4 Å². The van der Waals surface area contributed by atoms with Gasteiger partial charge in [0, 0.05) is 31.0 Å². The highest BCUT2D eigenvalue weighted by Gasteiger charge is 2.13. The second-order valence-corrected chi connectivity index (χ2v) is 7.64. The third kappa shape index (κ3) is 4.71. The van der Waals surface area contributed by atoms with Gasteiger partial charge in [0.1, 0.15) is 0 Å². The second-order valence-electron chi connectivity index (χ2n) is 7.64. The van der Waals surface area contributed by atoms with Crippen LogP contribution in [0.2, 0.25) is 0 Å². The Balaban J connectivity index is 1.34. The minimum Gasteiger partial charge on any atom is -0.465 e. The lowest BCUT2D eigenvalue weighted by atomic mass is 10.2. The monoisotopic (exact) mass is 457 g/mol. The Labute approximate surface area is 196 Å². The molecule has 0 bridgehead atoms. The molecule has 0 unspecified atom stereocenters. The molecule has 34 heavy (non-hydrogen) atoms. The first-order valence-electron chi connectivity index (χ1n) is 10.8. The molecule has 1 fully saturated rings. The van der Waals surface area contributed by atoms with Gasteiger partial charge in [-0.15, -0.1) is 0 Å². The van der Waals surface area contributed by atoms with Crippen molar-refractivity contribution in [3.05, 3.63) is 72.9 Å². The number of esters is 1. The number of methoxy groups -OCH3 is 1. The average molecular weight is 457 g/mol. The van der Waals surface area contributed by atoms with E-state index in [0.29, 0.717) is 30.4 Å². The average Bonchev–Trinajstić information content (AvgIpc) is 3.37. The number of hydrogen-bond acceptors (Lipinski definition) is 9. The lowest BCUT2D eigenvalue weighted by Gasteiger charge is -2.28. The molecule has 0 saturated carbocycles. The van der Waals surface area contributed by atoms with Gasteiger partial charge in [0.25, 0.3) is 0 Å². The van der Waals surface area contributed by atoms with Crippen LogP contribution >= 0.6 is 0 Å². The van der Waals surface area contributed by atoms with Crippen LogP contribution in [0.1, 0.15) is 10.4 Å². The summed E-state index contributed by atoms with van der Waals surface area (Å²) < 4.78 is 11.9. The molecule has 1 N–H and O–H groups in total. The lowest BCUT2D eigenvalue weighted by molar-refractivity contribution is 0.0600. The number of carbonyl (C=O) groups is 1. The third-order valence-corrected chi connectivity index (χ3v) is 5.42. The van der Waals surface area contributed by atoms with Crippen molar-refractivity contribution in [2.45, 2.75) is 0 Å². The summed E-state index contributed by atoms with van der Waals surface area (Å²) in [7, 11) is 1.36. The maximum atomic E-state index is 11.8. The molecule has 0 atom stereocenters. The number of aromatic nitrogens is 5. The summed E-state index contributed by atoms with van der Waals surface area (Å²) in [6.07, 6.45) is 8.83. The number of rotatable bonds is 6. The lowest BCUT2D eigenvalue weighted by Crippen LogP contribution is -2.36. The molecule has 1 aliphatic heterocycles. The van der Waals surface area contributed by atoms with Gasteiger partial charge < -0.3 is 19.7 Å². The Morgan fingerprint density at radius 1 is 1.09 bits per heavy atom. The first-order chi connectivity index (χ1) is 16.7. The van der Waals surface area contributed by atoms with E-state index in [9.17, 15) is 4.79 Å². The number of benzene rings is 1. The molecule has 0 spiro atoms. The van der Waals surface area contributed by atoms with E-state index in [2.05, 4.69) is 36.3 Å². The molecule has 0 amide bonds. The normalized spacial score (nSPS) is 13.5. The highest BCUT2D eigenvalue weighted by Crippen LogP contribution is 2.24. The molecular formula is C24H23N7O3. The number of ether oxygens (including phenoxy) is 2. The Kier molecular flexibility index (Phi) is 6.13. The molecule has 10 heteroatoms. The minimum absolute atomic E-state index is 0.398. The van der Waals surface area contributed by atoms with E-state index in [-0.39, 0.29) is 0 Å². The van der Waals surface area contributed by atoms with Crippen molar-refractivity contribution in [2.75, 3.05) is 43.6 Å². The molecule has 4 heterocycles. The van der Waals surface area contributed by atoms with E-state index in [0.717, 1.165) is 35.7 Å². The summed E-state index contributed by atoms with van der Waals surface area (Å²) in [5, 5.41) is 7.56. The van der Waals surface area contributed by atoms with Gasteiger partial charge in [-0.1, -0.05) is 6.07 Å². The second kappa shape index (κ2) is 9.67. The maximum absolute atomic E-state index is 11.8. The first-order valence-corrected chi connectivity index (χ1v) is 10.8. The quantitative estimate of drug-likeness (QED) is 0.437. The standard InChI is InChI=1S/C24H23N7O3/c1-33-23(32)17-3-2-4-20(11-17)31-16-19(14-27-31)28-24-26-6-5-22(29-24)18-12-21(15-25-13-18)30-7-9-34-10-8-30/h2-6,11-16H,7-10H2,1H3,(H,26,28,29). The summed E-state index contributed by atoms with van der Waals surface area (Å²) in [6.45, 7) is 3.11. The third-order valence-electron chi connectivity index (χ3n) is 5.42. The molecule has 172 valence electrons. The number of hydrogen-bond donors (Lipinski definition) is 1. The van der Waals surface area contributed by atoms with Crippen molar-refractivity contribution in [1.29, 1.82) is 0 Å². The molecular weight excluding hydrogens is 434 g/mol. The van der Waals surface area contributed by atoms with Gasteiger partial charge in [0.2, 0.25) is 5.95 Å². The van der Waals surface area contributed by atoms with Gasteiger partial charge in [-0.05, 0) is 30.3 Å². The Morgan fingerprint density at radius 3 is 2.82 bits per heavy atom. The Bertz CT molecular complexity index is 1300. The van der Waals surface area contributed by atoms with Crippen molar-refractivity contribution < 1.29 is 14.3 Å². The summed E-state index contributed by atoms with van der Waals surface area (Å²) in [5.74, 6) is 0.0434. The van der Waals surface area contributed by atoms with Crippen molar-refractivity contribution in [1.82, 2.24) is 24.7 Å². The molecule has 10 nitrogen and oxygen atoms in total. The van der Waals surface area contributed by atoms with Crippen LogP contribution in [-0.4, -0.2) is 64.1 Å². The Morgan fingerprint density at radius 2 is 1.97 bits per heavy atom. The molecule has 4 aromatic rings. The van der Waals surface area contributed by atoms with Crippen molar-refractivity contribution in [3.8, 4) is 16.9 Å². The van der Waals surface area contributed by atoms with Crippen LogP contribution in [0.3, 0.4) is 0 Å². The predicted octanol–water partition coefficient (Wildman–Crippen LogP) is 3.09. The molecule has 0 radical (unpaired) electrons. The number of anilines is 3. The fourth-order valence-corrected chi connectivity index (χ4v) is 3.69. The Hall–Kier alpha value is -4.31. The summed E-state index contributed by atoms with van der Waals surface area (Å²) in [4.78, 5) is 27.5. The number of morpholine rings is 1. The SMILES string of the molecule is COC(=O)c1cccc(-n2cc(Nc3nccc(-c4cncc(N5CCOCC5)c4)n3)cn2)c1.